The smallest absolute Gasteiger partial charge is 0.149 e. The highest BCUT2D eigenvalue weighted by molar-refractivity contribution is 5.59. The number of halogens is 2. The Hall–Kier alpha value is -1.12. The predicted molar refractivity (Wildman–Crippen MR) is 70.9 cm³/mol. The van der Waals surface area contributed by atoms with E-state index in [1.165, 1.54) is 18.9 Å². The normalized spacial score (nSPS) is 19.4. The lowest BCUT2D eigenvalue weighted by Gasteiger charge is -2.22. The highest BCUT2D eigenvalue weighted by Gasteiger charge is 2.30. The molecule has 0 amide bonds. The summed E-state index contributed by atoms with van der Waals surface area (Å²) in [5, 5.41) is 3.10. The lowest BCUT2D eigenvalue weighted by atomic mass is 9.82. The summed E-state index contributed by atoms with van der Waals surface area (Å²) < 4.78 is 27.0. The van der Waals surface area contributed by atoms with Crippen molar-refractivity contribution in [1.82, 2.24) is 0 Å². The third-order valence-corrected chi connectivity index (χ3v) is 4.01. The maximum Gasteiger partial charge on any atom is 0.149 e. The maximum atomic E-state index is 13.6. The molecule has 1 aromatic rings. The number of fused-ring (bicyclic) bond motifs is 1. The van der Waals surface area contributed by atoms with Crippen molar-refractivity contribution in [2.75, 3.05) is 11.9 Å². The van der Waals surface area contributed by atoms with Crippen LogP contribution in [0.25, 0.3) is 0 Å². The highest BCUT2D eigenvalue weighted by Crippen LogP contribution is 2.41. The largest absolute Gasteiger partial charge is 0.382 e. The molecule has 1 aromatic carbocycles. The van der Waals surface area contributed by atoms with Crippen molar-refractivity contribution >= 4 is 5.69 Å². The van der Waals surface area contributed by atoms with Crippen LogP contribution in [0.1, 0.15) is 51.0 Å². The zero-order chi connectivity index (χ0) is 13.1. The molecule has 0 aliphatic carbocycles. The Kier molecular flexibility index (Phi) is 4.20. The number of rotatable bonds is 5. The van der Waals surface area contributed by atoms with Crippen LogP contribution in [0.4, 0.5) is 14.5 Å². The fraction of sp³-hybridized carbons (Fsp3) is 0.600. The number of hydrogen-bond acceptors (Lipinski definition) is 1. The Bertz CT molecular complexity index is 417. The van der Waals surface area contributed by atoms with Gasteiger partial charge < -0.3 is 5.32 Å². The van der Waals surface area contributed by atoms with Gasteiger partial charge in [-0.3, -0.25) is 0 Å². The molecule has 2 unspecified atom stereocenters. The van der Waals surface area contributed by atoms with E-state index in [0.29, 0.717) is 11.6 Å². The minimum Gasteiger partial charge on any atom is -0.382 e. The van der Waals surface area contributed by atoms with Gasteiger partial charge in [-0.2, -0.15) is 0 Å². The fourth-order valence-electron chi connectivity index (χ4n) is 2.97. The third kappa shape index (κ3) is 2.50. The molecule has 2 rings (SSSR count). The molecule has 3 heteroatoms. The van der Waals surface area contributed by atoms with Crippen molar-refractivity contribution in [3.05, 3.63) is 29.3 Å². The molecule has 0 bridgehead atoms. The lowest BCUT2D eigenvalue weighted by Crippen LogP contribution is -2.14. The third-order valence-electron chi connectivity index (χ3n) is 4.01. The van der Waals surface area contributed by atoms with Crippen LogP contribution in [0.3, 0.4) is 0 Å². The monoisotopic (exact) mass is 253 g/mol. The molecule has 0 radical (unpaired) electrons. The first-order valence-electron chi connectivity index (χ1n) is 6.90. The average molecular weight is 253 g/mol. The molecule has 1 aliphatic rings. The molecule has 0 saturated heterocycles. The Balaban J connectivity index is 2.24. The number of benzene rings is 1. The van der Waals surface area contributed by atoms with Crippen molar-refractivity contribution in [3.8, 4) is 0 Å². The molecule has 100 valence electrons. The van der Waals surface area contributed by atoms with Crippen molar-refractivity contribution in [3.63, 3.8) is 0 Å². The van der Waals surface area contributed by atoms with Crippen molar-refractivity contribution < 1.29 is 8.78 Å². The Morgan fingerprint density at radius 1 is 1.33 bits per heavy atom. The maximum absolute atomic E-state index is 13.6. The molecule has 0 fully saturated rings. The van der Waals surface area contributed by atoms with Crippen LogP contribution >= 0.6 is 0 Å². The standard InChI is InChI=1S/C15H21F2N/c1-3-5-6-10(4-2)13-9-18-15-12(13)7-11(16)8-14(15)17/h7-8,10,13,18H,3-6,9H2,1-2H3. The molecule has 0 spiro atoms. The second-order valence-electron chi connectivity index (χ2n) is 5.15. The molecule has 0 saturated carbocycles. The molecule has 18 heavy (non-hydrogen) atoms. The SMILES string of the molecule is CCCCC(CC)C1CNc2c(F)cc(F)cc21. The van der Waals surface area contributed by atoms with Gasteiger partial charge >= 0.3 is 0 Å². The van der Waals surface area contributed by atoms with E-state index in [1.807, 2.05) is 0 Å². The zero-order valence-corrected chi connectivity index (χ0v) is 11.1. The highest BCUT2D eigenvalue weighted by atomic mass is 19.1. The van der Waals surface area contributed by atoms with Gasteiger partial charge in [-0.15, -0.1) is 0 Å². The summed E-state index contributed by atoms with van der Waals surface area (Å²) in [6.07, 6.45) is 4.55. The van der Waals surface area contributed by atoms with Crippen LogP contribution in [-0.4, -0.2) is 6.54 Å². The van der Waals surface area contributed by atoms with Gasteiger partial charge in [0, 0.05) is 18.5 Å². The van der Waals surface area contributed by atoms with Crippen molar-refractivity contribution in [1.29, 1.82) is 0 Å². The topological polar surface area (TPSA) is 12.0 Å². The van der Waals surface area contributed by atoms with E-state index < -0.39 is 11.6 Å². The summed E-state index contributed by atoms with van der Waals surface area (Å²) in [6, 6.07) is 2.46. The van der Waals surface area contributed by atoms with Crippen LogP contribution in [0, 0.1) is 17.6 Å². The van der Waals surface area contributed by atoms with Gasteiger partial charge in [-0.25, -0.2) is 8.78 Å². The summed E-state index contributed by atoms with van der Waals surface area (Å²) >= 11 is 0. The first-order valence-corrected chi connectivity index (χ1v) is 6.90. The van der Waals surface area contributed by atoms with Gasteiger partial charge in [0.05, 0.1) is 5.69 Å². The molecule has 0 aromatic heterocycles. The van der Waals surface area contributed by atoms with E-state index in [0.717, 1.165) is 31.0 Å². The second-order valence-corrected chi connectivity index (χ2v) is 5.15. The Labute approximate surface area is 108 Å². The van der Waals surface area contributed by atoms with Gasteiger partial charge in [0.15, 0.2) is 0 Å². The van der Waals surface area contributed by atoms with Gasteiger partial charge in [0.2, 0.25) is 0 Å². The zero-order valence-electron chi connectivity index (χ0n) is 11.1. The van der Waals surface area contributed by atoms with Gasteiger partial charge in [0.1, 0.15) is 11.6 Å². The van der Waals surface area contributed by atoms with E-state index in [2.05, 4.69) is 19.2 Å². The molecule has 1 heterocycles. The van der Waals surface area contributed by atoms with Crippen LogP contribution in [0.2, 0.25) is 0 Å². The van der Waals surface area contributed by atoms with Crippen LogP contribution in [0.5, 0.6) is 0 Å². The summed E-state index contributed by atoms with van der Waals surface area (Å²) in [5.74, 6) is -0.162. The van der Waals surface area contributed by atoms with Gasteiger partial charge in [-0.1, -0.05) is 33.1 Å². The molecule has 1 nitrogen and oxygen atoms in total. The van der Waals surface area contributed by atoms with E-state index in [1.54, 1.807) is 0 Å². The van der Waals surface area contributed by atoms with E-state index >= 15 is 0 Å². The van der Waals surface area contributed by atoms with Crippen molar-refractivity contribution in [2.45, 2.75) is 45.4 Å². The molecular formula is C15H21F2N. The average Bonchev–Trinajstić information content (AvgIpc) is 2.74. The van der Waals surface area contributed by atoms with Crippen LogP contribution < -0.4 is 5.32 Å². The summed E-state index contributed by atoms with van der Waals surface area (Å²) in [5.41, 5.74) is 1.34. The molecule has 1 N–H and O–H groups in total. The first kappa shape index (κ1) is 13.3. The Morgan fingerprint density at radius 2 is 2.11 bits per heavy atom. The number of hydrogen-bond donors (Lipinski definition) is 1. The quantitative estimate of drug-likeness (QED) is 0.802. The van der Waals surface area contributed by atoms with Crippen molar-refractivity contribution in [2.24, 2.45) is 5.92 Å². The van der Waals surface area contributed by atoms with Gasteiger partial charge in [-0.05, 0) is 24.0 Å². The fourth-order valence-corrected chi connectivity index (χ4v) is 2.97. The summed E-state index contributed by atoms with van der Waals surface area (Å²) in [7, 11) is 0. The second kappa shape index (κ2) is 5.68. The minimum absolute atomic E-state index is 0.252. The van der Waals surface area contributed by atoms with Crippen LogP contribution in [-0.2, 0) is 0 Å². The lowest BCUT2D eigenvalue weighted by molar-refractivity contribution is 0.388. The molecule has 1 aliphatic heterocycles. The minimum atomic E-state index is -0.467. The number of nitrogens with one attached hydrogen (secondary N) is 1. The predicted octanol–water partition coefficient (Wildman–Crippen LogP) is 4.69. The van der Waals surface area contributed by atoms with E-state index in [-0.39, 0.29) is 5.92 Å². The number of anilines is 1. The first-order chi connectivity index (χ1) is 8.67. The van der Waals surface area contributed by atoms with Crippen LogP contribution in [0.15, 0.2) is 12.1 Å². The summed E-state index contributed by atoms with van der Waals surface area (Å²) in [6.45, 7) is 5.07. The van der Waals surface area contributed by atoms with E-state index in [4.69, 9.17) is 0 Å². The number of unbranched alkanes of at least 4 members (excludes halogenated alkanes) is 1. The van der Waals surface area contributed by atoms with Gasteiger partial charge in [0.25, 0.3) is 0 Å². The van der Waals surface area contributed by atoms with E-state index in [9.17, 15) is 8.78 Å². The summed E-state index contributed by atoms with van der Waals surface area (Å²) in [4.78, 5) is 0. The molecule has 2 atom stereocenters. The Morgan fingerprint density at radius 3 is 2.78 bits per heavy atom. The molecular weight excluding hydrogens is 232 g/mol.